The first-order chi connectivity index (χ1) is 7.08. The van der Waals surface area contributed by atoms with Crippen molar-refractivity contribution in [2.45, 2.75) is 19.1 Å². The molecule has 0 saturated heterocycles. The average Bonchev–Trinajstić information content (AvgIpc) is 2.27. The summed E-state index contributed by atoms with van der Waals surface area (Å²) in [5.41, 5.74) is 6.62. The summed E-state index contributed by atoms with van der Waals surface area (Å²) in [4.78, 5) is 0. The Morgan fingerprint density at radius 1 is 1.13 bits per heavy atom. The van der Waals surface area contributed by atoms with E-state index in [1.807, 2.05) is 0 Å². The fraction of sp³-hybridized carbons (Fsp3) is 0.455. The number of rotatable bonds is 4. The van der Waals surface area contributed by atoms with Crippen LogP contribution in [-0.2, 0) is 0 Å². The lowest BCUT2D eigenvalue weighted by Gasteiger charge is -2.16. The monoisotopic (exact) mass is 211 g/mol. The number of aliphatic hydroxyl groups is 1. The summed E-state index contributed by atoms with van der Waals surface area (Å²) in [5, 5.41) is 9.39. The van der Waals surface area contributed by atoms with Gasteiger partial charge in [0.05, 0.1) is 26.4 Å². The maximum atomic E-state index is 9.39. The molecule has 0 aromatic heterocycles. The Bertz CT molecular complexity index is 303. The highest BCUT2D eigenvalue weighted by Crippen LogP contribution is 2.26. The Morgan fingerprint density at radius 2 is 1.60 bits per heavy atom. The maximum absolute atomic E-state index is 9.39. The van der Waals surface area contributed by atoms with Crippen molar-refractivity contribution < 1.29 is 14.6 Å². The molecule has 0 fully saturated rings. The minimum atomic E-state index is -0.609. The molecule has 0 heterocycles. The van der Waals surface area contributed by atoms with Crippen molar-refractivity contribution >= 4 is 0 Å². The number of nitrogens with two attached hydrogens (primary N) is 1. The van der Waals surface area contributed by atoms with E-state index >= 15 is 0 Å². The van der Waals surface area contributed by atoms with Gasteiger partial charge in [-0.2, -0.15) is 0 Å². The summed E-state index contributed by atoms with van der Waals surface area (Å²) in [5.74, 6) is 1.33. The number of benzene rings is 1. The molecule has 0 amide bonds. The first-order valence-electron chi connectivity index (χ1n) is 4.75. The van der Waals surface area contributed by atoms with E-state index < -0.39 is 12.1 Å². The molecule has 0 radical (unpaired) electrons. The molecule has 15 heavy (non-hydrogen) atoms. The molecule has 3 N–H and O–H groups in total. The Morgan fingerprint density at radius 3 is 1.93 bits per heavy atom. The van der Waals surface area contributed by atoms with Crippen molar-refractivity contribution in [3.63, 3.8) is 0 Å². The Balaban J connectivity index is 3.06. The van der Waals surface area contributed by atoms with E-state index in [1.54, 1.807) is 39.3 Å². The van der Waals surface area contributed by atoms with Gasteiger partial charge < -0.3 is 20.3 Å². The first kappa shape index (κ1) is 11.8. The zero-order valence-corrected chi connectivity index (χ0v) is 9.23. The lowest BCUT2D eigenvalue weighted by atomic mass is 10.0. The minimum Gasteiger partial charge on any atom is -0.497 e. The van der Waals surface area contributed by atoms with Crippen LogP contribution in [0.1, 0.15) is 18.5 Å². The second-order valence-electron chi connectivity index (χ2n) is 3.41. The van der Waals surface area contributed by atoms with Gasteiger partial charge in [-0.05, 0) is 24.6 Å². The summed E-state index contributed by atoms with van der Waals surface area (Å²) >= 11 is 0. The molecule has 1 unspecified atom stereocenters. The lowest BCUT2D eigenvalue weighted by molar-refractivity contribution is 0.164. The molecular formula is C11H17NO3. The highest BCUT2D eigenvalue weighted by atomic mass is 16.5. The maximum Gasteiger partial charge on any atom is 0.122 e. The van der Waals surface area contributed by atoms with Crippen LogP contribution in [-0.4, -0.2) is 25.4 Å². The zero-order chi connectivity index (χ0) is 11.4. The summed E-state index contributed by atoms with van der Waals surface area (Å²) in [7, 11) is 3.15. The molecule has 1 aromatic rings. The molecule has 1 rings (SSSR count). The normalized spacial score (nSPS) is 14.5. The first-order valence-corrected chi connectivity index (χ1v) is 4.75. The van der Waals surface area contributed by atoms with Crippen LogP contribution in [0.4, 0.5) is 0 Å². The van der Waals surface area contributed by atoms with E-state index in [0.717, 1.165) is 5.56 Å². The zero-order valence-electron chi connectivity index (χ0n) is 9.23. The van der Waals surface area contributed by atoms with Crippen LogP contribution in [0.5, 0.6) is 11.5 Å². The SMILES string of the molecule is COc1cc(OC)cc([C@H](N)C(C)O)c1. The van der Waals surface area contributed by atoms with Crippen LogP contribution < -0.4 is 15.2 Å². The van der Waals surface area contributed by atoms with Gasteiger partial charge in [0, 0.05) is 6.07 Å². The minimum absolute atomic E-state index is 0.436. The average molecular weight is 211 g/mol. The topological polar surface area (TPSA) is 64.7 Å². The van der Waals surface area contributed by atoms with Crippen molar-refractivity contribution in [3.8, 4) is 11.5 Å². The van der Waals surface area contributed by atoms with E-state index in [0.29, 0.717) is 11.5 Å². The van der Waals surface area contributed by atoms with Gasteiger partial charge in [-0.15, -0.1) is 0 Å². The molecule has 2 atom stereocenters. The number of aliphatic hydroxyl groups excluding tert-OH is 1. The van der Waals surface area contributed by atoms with E-state index in [-0.39, 0.29) is 0 Å². The van der Waals surface area contributed by atoms with Gasteiger partial charge in [-0.25, -0.2) is 0 Å². The van der Waals surface area contributed by atoms with Crippen molar-refractivity contribution in [2.75, 3.05) is 14.2 Å². The standard InChI is InChI=1S/C11H17NO3/c1-7(13)11(12)8-4-9(14-2)6-10(5-8)15-3/h4-7,11,13H,12H2,1-3H3/t7?,11-/m1/s1. The van der Waals surface area contributed by atoms with Crippen molar-refractivity contribution in [1.29, 1.82) is 0 Å². The predicted molar refractivity (Wildman–Crippen MR) is 58.2 cm³/mol. The summed E-state index contributed by atoms with van der Waals surface area (Å²) < 4.78 is 10.2. The fourth-order valence-electron chi connectivity index (χ4n) is 1.30. The summed E-state index contributed by atoms with van der Waals surface area (Å²) in [6, 6.07) is 4.91. The number of hydrogen-bond acceptors (Lipinski definition) is 4. The third-order valence-electron chi connectivity index (χ3n) is 2.28. The van der Waals surface area contributed by atoms with E-state index in [2.05, 4.69) is 0 Å². The molecule has 0 saturated carbocycles. The molecule has 0 aliphatic carbocycles. The smallest absolute Gasteiger partial charge is 0.122 e. The van der Waals surface area contributed by atoms with Crippen LogP contribution in [0.15, 0.2) is 18.2 Å². The van der Waals surface area contributed by atoms with Gasteiger partial charge in [0.2, 0.25) is 0 Å². The van der Waals surface area contributed by atoms with E-state index in [4.69, 9.17) is 15.2 Å². The van der Waals surface area contributed by atoms with Crippen molar-refractivity contribution in [1.82, 2.24) is 0 Å². The van der Waals surface area contributed by atoms with Gasteiger partial charge in [-0.3, -0.25) is 0 Å². The van der Waals surface area contributed by atoms with Crippen molar-refractivity contribution in [3.05, 3.63) is 23.8 Å². The fourth-order valence-corrected chi connectivity index (χ4v) is 1.30. The number of methoxy groups -OCH3 is 2. The molecule has 1 aromatic carbocycles. The molecule has 0 aliphatic rings. The molecule has 0 aliphatic heterocycles. The molecule has 84 valence electrons. The Labute approximate surface area is 89.6 Å². The van der Waals surface area contributed by atoms with Gasteiger partial charge >= 0.3 is 0 Å². The third kappa shape index (κ3) is 2.84. The van der Waals surface area contributed by atoms with Crippen LogP contribution in [0.25, 0.3) is 0 Å². The number of ether oxygens (including phenoxy) is 2. The van der Waals surface area contributed by atoms with Crippen LogP contribution in [0, 0.1) is 0 Å². The second kappa shape index (κ2) is 5.00. The second-order valence-corrected chi connectivity index (χ2v) is 3.41. The molecule has 0 bridgehead atoms. The molecule has 0 spiro atoms. The van der Waals surface area contributed by atoms with E-state index in [9.17, 15) is 5.11 Å². The van der Waals surface area contributed by atoms with Crippen LogP contribution >= 0.6 is 0 Å². The summed E-state index contributed by atoms with van der Waals surface area (Å²) in [6.45, 7) is 1.65. The quantitative estimate of drug-likeness (QED) is 0.782. The van der Waals surface area contributed by atoms with Crippen LogP contribution in [0.3, 0.4) is 0 Å². The Hall–Kier alpha value is -1.26. The van der Waals surface area contributed by atoms with Crippen LogP contribution in [0.2, 0.25) is 0 Å². The summed E-state index contributed by atoms with van der Waals surface area (Å²) in [6.07, 6.45) is -0.609. The molecule has 4 nitrogen and oxygen atoms in total. The predicted octanol–water partition coefficient (Wildman–Crippen LogP) is 1.08. The third-order valence-corrected chi connectivity index (χ3v) is 2.28. The van der Waals surface area contributed by atoms with Gasteiger partial charge in [0.15, 0.2) is 0 Å². The highest BCUT2D eigenvalue weighted by Gasteiger charge is 2.14. The molecular weight excluding hydrogens is 194 g/mol. The van der Waals surface area contributed by atoms with Gasteiger partial charge in [0.25, 0.3) is 0 Å². The van der Waals surface area contributed by atoms with E-state index in [1.165, 1.54) is 0 Å². The number of hydrogen-bond donors (Lipinski definition) is 2. The largest absolute Gasteiger partial charge is 0.497 e. The van der Waals surface area contributed by atoms with Gasteiger partial charge in [0.1, 0.15) is 11.5 Å². The van der Waals surface area contributed by atoms with Crippen molar-refractivity contribution in [2.24, 2.45) is 5.73 Å². The lowest BCUT2D eigenvalue weighted by Crippen LogP contribution is -2.23. The van der Waals surface area contributed by atoms with Gasteiger partial charge in [-0.1, -0.05) is 0 Å². The highest BCUT2D eigenvalue weighted by molar-refractivity contribution is 5.40. The Kier molecular flexibility index (Phi) is 3.94. The molecule has 4 heteroatoms.